The molecule has 0 aromatic heterocycles. The maximum absolute atomic E-state index is 10.2. The number of quaternary nitrogens is 1. The zero-order valence-corrected chi connectivity index (χ0v) is 12.9. The first kappa shape index (κ1) is 15.2. The Bertz CT molecular complexity index is 585. The molecule has 0 bridgehead atoms. The SMILES string of the molecule is OC(COCc1ccccc1)C[NH+]1CCc2ccccc2C1. The second-order valence-electron chi connectivity index (χ2n) is 6.05. The molecule has 0 aliphatic carbocycles. The van der Waals surface area contributed by atoms with Crippen LogP contribution in [0, 0.1) is 0 Å². The van der Waals surface area contributed by atoms with Gasteiger partial charge < -0.3 is 14.7 Å². The van der Waals surface area contributed by atoms with E-state index in [0.29, 0.717) is 13.2 Å². The summed E-state index contributed by atoms with van der Waals surface area (Å²) in [4.78, 5) is 1.44. The van der Waals surface area contributed by atoms with E-state index in [1.165, 1.54) is 16.0 Å². The van der Waals surface area contributed by atoms with Crippen LogP contribution in [0.5, 0.6) is 0 Å². The van der Waals surface area contributed by atoms with Crippen molar-refractivity contribution >= 4 is 0 Å². The molecule has 2 unspecified atom stereocenters. The molecule has 2 atom stereocenters. The molecule has 0 radical (unpaired) electrons. The molecular weight excluding hydrogens is 274 g/mol. The second kappa shape index (κ2) is 7.54. The van der Waals surface area contributed by atoms with Crippen molar-refractivity contribution in [3.05, 3.63) is 71.3 Å². The van der Waals surface area contributed by atoms with E-state index in [0.717, 1.165) is 31.6 Å². The quantitative estimate of drug-likeness (QED) is 0.840. The van der Waals surface area contributed by atoms with Gasteiger partial charge in [0.1, 0.15) is 19.2 Å². The lowest BCUT2D eigenvalue weighted by molar-refractivity contribution is -0.919. The molecule has 0 fully saturated rings. The van der Waals surface area contributed by atoms with Gasteiger partial charge in [-0.25, -0.2) is 0 Å². The highest BCUT2D eigenvalue weighted by molar-refractivity contribution is 5.27. The molecule has 0 saturated carbocycles. The molecule has 0 saturated heterocycles. The van der Waals surface area contributed by atoms with Crippen LogP contribution < -0.4 is 4.90 Å². The predicted octanol–water partition coefficient (Wildman–Crippen LogP) is 1.21. The molecular formula is C19H24NO2+. The molecule has 3 rings (SSSR count). The van der Waals surface area contributed by atoms with Gasteiger partial charge >= 0.3 is 0 Å². The Balaban J connectivity index is 1.42. The van der Waals surface area contributed by atoms with Crippen LogP contribution in [-0.4, -0.2) is 30.9 Å². The number of rotatable bonds is 6. The summed E-state index contributed by atoms with van der Waals surface area (Å²) in [6.45, 7) is 3.82. The van der Waals surface area contributed by atoms with E-state index in [1.807, 2.05) is 30.3 Å². The predicted molar refractivity (Wildman–Crippen MR) is 86.7 cm³/mol. The van der Waals surface area contributed by atoms with Crippen molar-refractivity contribution in [2.75, 3.05) is 19.7 Å². The third-order valence-electron chi connectivity index (χ3n) is 4.25. The third kappa shape index (κ3) is 4.17. The van der Waals surface area contributed by atoms with Crippen molar-refractivity contribution in [1.29, 1.82) is 0 Å². The average molecular weight is 298 g/mol. The van der Waals surface area contributed by atoms with Crippen LogP contribution in [0.25, 0.3) is 0 Å². The summed E-state index contributed by atoms with van der Waals surface area (Å²) >= 11 is 0. The Hall–Kier alpha value is -1.68. The van der Waals surface area contributed by atoms with E-state index in [9.17, 15) is 5.11 Å². The van der Waals surface area contributed by atoms with Gasteiger partial charge in [0.05, 0.1) is 19.8 Å². The van der Waals surface area contributed by atoms with Crippen LogP contribution in [0.4, 0.5) is 0 Å². The van der Waals surface area contributed by atoms with E-state index in [1.54, 1.807) is 0 Å². The highest BCUT2D eigenvalue weighted by Gasteiger charge is 2.21. The minimum absolute atomic E-state index is 0.399. The zero-order chi connectivity index (χ0) is 15.2. The van der Waals surface area contributed by atoms with E-state index in [-0.39, 0.29) is 0 Å². The maximum Gasteiger partial charge on any atom is 0.126 e. The molecule has 0 spiro atoms. The van der Waals surface area contributed by atoms with E-state index >= 15 is 0 Å². The fraction of sp³-hybridized carbons (Fsp3) is 0.368. The summed E-state index contributed by atoms with van der Waals surface area (Å²) in [6, 6.07) is 18.7. The summed E-state index contributed by atoms with van der Waals surface area (Å²) in [5.74, 6) is 0. The smallest absolute Gasteiger partial charge is 0.126 e. The Labute approximate surface area is 132 Å². The lowest BCUT2D eigenvalue weighted by Gasteiger charge is -2.27. The topological polar surface area (TPSA) is 33.9 Å². The molecule has 3 nitrogen and oxygen atoms in total. The standard InChI is InChI=1S/C19H23NO2/c21-19(15-22-14-16-6-2-1-3-7-16)13-20-11-10-17-8-4-5-9-18(17)12-20/h1-9,19,21H,10-15H2/p+1. The fourth-order valence-electron chi connectivity index (χ4n) is 3.10. The largest absolute Gasteiger partial charge is 0.385 e. The molecule has 1 aliphatic rings. The summed E-state index contributed by atoms with van der Waals surface area (Å²) in [6.07, 6.45) is 0.701. The molecule has 3 heteroatoms. The van der Waals surface area contributed by atoms with Gasteiger partial charge in [-0.1, -0.05) is 54.6 Å². The Kier molecular flexibility index (Phi) is 5.22. The van der Waals surface area contributed by atoms with E-state index < -0.39 is 6.10 Å². The van der Waals surface area contributed by atoms with Crippen molar-refractivity contribution in [2.45, 2.75) is 25.7 Å². The first-order valence-electron chi connectivity index (χ1n) is 8.01. The first-order chi connectivity index (χ1) is 10.8. The molecule has 2 aromatic carbocycles. The molecule has 1 heterocycles. The summed E-state index contributed by atoms with van der Waals surface area (Å²) in [5, 5.41) is 10.2. The van der Waals surface area contributed by atoms with Crippen molar-refractivity contribution < 1.29 is 14.7 Å². The summed E-state index contributed by atoms with van der Waals surface area (Å²) in [7, 11) is 0. The van der Waals surface area contributed by atoms with Gasteiger partial charge in [-0.3, -0.25) is 0 Å². The van der Waals surface area contributed by atoms with Gasteiger partial charge in [-0.05, 0) is 11.1 Å². The fourth-order valence-corrected chi connectivity index (χ4v) is 3.10. The number of aliphatic hydroxyl groups excluding tert-OH is 1. The van der Waals surface area contributed by atoms with E-state index in [2.05, 4.69) is 24.3 Å². The maximum atomic E-state index is 10.2. The molecule has 2 N–H and O–H groups in total. The second-order valence-corrected chi connectivity index (χ2v) is 6.05. The number of aliphatic hydroxyl groups is 1. The number of hydrogen-bond donors (Lipinski definition) is 2. The van der Waals surface area contributed by atoms with Gasteiger partial charge in [0.15, 0.2) is 0 Å². The average Bonchev–Trinajstić information content (AvgIpc) is 2.56. The summed E-state index contributed by atoms with van der Waals surface area (Å²) < 4.78 is 5.63. The van der Waals surface area contributed by atoms with Gasteiger partial charge in [-0.15, -0.1) is 0 Å². The van der Waals surface area contributed by atoms with Crippen molar-refractivity contribution in [2.24, 2.45) is 0 Å². The normalized spacial score (nSPS) is 18.7. The van der Waals surface area contributed by atoms with Crippen LogP contribution in [-0.2, 0) is 24.3 Å². The number of nitrogens with one attached hydrogen (secondary N) is 1. The third-order valence-corrected chi connectivity index (χ3v) is 4.25. The van der Waals surface area contributed by atoms with Gasteiger partial charge in [0, 0.05) is 12.0 Å². The minimum atomic E-state index is -0.399. The zero-order valence-electron chi connectivity index (χ0n) is 12.9. The number of hydrogen-bond acceptors (Lipinski definition) is 2. The lowest BCUT2D eigenvalue weighted by atomic mass is 10.00. The van der Waals surface area contributed by atoms with Crippen LogP contribution in [0.3, 0.4) is 0 Å². The molecule has 0 amide bonds. The van der Waals surface area contributed by atoms with Crippen molar-refractivity contribution in [3.63, 3.8) is 0 Å². The number of fused-ring (bicyclic) bond motifs is 1. The van der Waals surface area contributed by atoms with Crippen LogP contribution in [0.2, 0.25) is 0 Å². The van der Waals surface area contributed by atoms with Crippen molar-refractivity contribution in [1.82, 2.24) is 0 Å². The summed E-state index contributed by atoms with van der Waals surface area (Å²) in [5.41, 5.74) is 4.02. The number of ether oxygens (including phenoxy) is 1. The molecule has 2 aromatic rings. The number of benzene rings is 2. The Morgan fingerprint density at radius 2 is 1.73 bits per heavy atom. The Morgan fingerprint density at radius 3 is 2.55 bits per heavy atom. The minimum Gasteiger partial charge on any atom is -0.385 e. The lowest BCUT2D eigenvalue weighted by Crippen LogP contribution is -3.12. The highest BCUT2D eigenvalue weighted by atomic mass is 16.5. The molecule has 22 heavy (non-hydrogen) atoms. The van der Waals surface area contributed by atoms with Gasteiger partial charge in [0.25, 0.3) is 0 Å². The van der Waals surface area contributed by atoms with Crippen LogP contribution >= 0.6 is 0 Å². The molecule has 116 valence electrons. The monoisotopic (exact) mass is 298 g/mol. The van der Waals surface area contributed by atoms with Crippen LogP contribution in [0.15, 0.2) is 54.6 Å². The van der Waals surface area contributed by atoms with Crippen molar-refractivity contribution in [3.8, 4) is 0 Å². The first-order valence-corrected chi connectivity index (χ1v) is 8.01. The van der Waals surface area contributed by atoms with Gasteiger partial charge in [-0.2, -0.15) is 0 Å². The van der Waals surface area contributed by atoms with E-state index in [4.69, 9.17) is 4.74 Å². The Morgan fingerprint density at radius 1 is 1.00 bits per heavy atom. The van der Waals surface area contributed by atoms with Crippen LogP contribution in [0.1, 0.15) is 16.7 Å². The molecule has 1 aliphatic heterocycles. The highest BCUT2D eigenvalue weighted by Crippen LogP contribution is 2.10. The van der Waals surface area contributed by atoms with Gasteiger partial charge in [0.2, 0.25) is 0 Å².